The molecular weight excluding hydrogens is 230 g/mol. The van der Waals surface area contributed by atoms with Gasteiger partial charge in [-0.1, -0.05) is 5.57 Å². The topological polar surface area (TPSA) is 115 Å². The molecule has 0 spiro atoms. The van der Waals surface area contributed by atoms with E-state index in [4.69, 9.17) is 19.6 Å². The van der Waals surface area contributed by atoms with Crippen molar-refractivity contribution in [1.82, 2.24) is 0 Å². The second-order valence-corrected chi connectivity index (χ2v) is 7.17. The van der Waals surface area contributed by atoms with Gasteiger partial charge in [0.05, 0.1) is 0 Å². The van der Waals surface area contributed by atoms with E-state index in [1.165, 1.54) is 0 Å². The first-order valence-corrected chi connectivity index (χ1v) is 7.16. The summed E-state index contributed by atoms with van der Waals surface area (Å²) in [5, 5.41) is -1.91. The van der Waals surface area contributed by atoms with Gasteiger partial charge in [0.15, 0.2) is 5.40 Å². The molecule has 4 N–H and O–H groups in total. The maximum Gasteiger partial charge on any atom is 0.340 e. The normalized spacial score (nSPS) is 13.3. The van der Waals surface area contributed by atoms with Gasteiger partial charge in [-0.3, -0.25) is 9.13 Å². The summed E-state index contributed by atoms with van der Waals surface area (Å²) in [7, 11) is -9.52. The standard InChI is InChI=1S/C6H14O6P2/c1-5(2)3-4-6(13(7,8)9)14(10,11)12/h6H,1,3-4H2,2H3,(H2,7,8,9)(H2,10,11,12). The Morgan fingerprint density at radius 1 is 1.21 bits per heavy atom. The second-order valence-electron chi connectivity index (χ2n) is 3.15. The van der Waals surface area contributed by atoms with Crippen molar-refractivity contribution in [2.75, 3.05) is 0 Å². The van der Waals surface area contributed by atoms with Crippen LogP contribution < -0.4 is 0 Å². The average molecular weight is 244 g/mol. The van der Waals surface area contributed by atoms with Crippen LogP contribution in [-0.4, -0.2) is 25.0 Å². The summed E-state index contributed by atoms with van der Waals surface area (Å²) >= 11 is 0. The van der Waals surface area contributed by atoms with Crippen LogP contribution in [0.25, 0.3) is 0 Å². The first-order chi connectivity index (χ1) is 6.05. The molecule has 0 aliphatic rings. The van der Waals surface area contributed by atoms with Gasteiger partial charge in [-0.15, -0.1) is 6.58 Å². The summed E-state index contributed by atoms with van der Waals surface area (Å²) in [5.41, 5.74) is 0.622. The maximum absolute atomic E-state index is 10.8. The molecule has 14 heavy (non-hydrogen) atoms. The fourth-order valence-corrected chi connectivity index (χ4v) is 3.41. The second kappa shape index (κ2) is 4.71. The minimum absolute atomic E-state index is 0.181. The molecule has 0 aliphatic carbocycles. The molecule has 0 aliphatic heterocycles. The number of rotatable bonds is 5. The molecule has 0 aromatic rings. The number of allylic oxidation sites excluding steroid dienone is 1. The van der Waals surface area contributed by atoms with Crippen LogP contribution in [0.3, 0.4) is 0 Å². The number of hydrogen-bond donors (Lipinski definition) is 4. The maximum atomic E-state index is 10.8. The summed E-state index contributed by atoms with van der Waals surface area (Å²) in [5.74, 6) is 0. The molecule has 0 aromatic heterocycles. The minimum Gasteiger partial charge on any atom is -0.324 e. The molecule has 0 amide bonds. The van der Waals surface area contributed by atoms with Crippen LogP contribution in [0.2, 0.25) is 0 Å². The van der Waals surface area contributed by atoms with Crippen molar-refractivity contribution in [1.29, 1.82) is 0 Å². The fourth-order valence-electron chi connectivity index (χ4n) is 0.908. The average Bonchev–Trinajstić information content (AvgIpc) is 1.78. The van der Waals surface area contributed by atoms with Crippen molar-refractivity contribution in [2.45, 2.75) is 25.2 Å². The SMILES string of the molecule is C=C(C)CCC(P(=O)(O)O)P(=O)(O)O. The molecule has 0 heterocycles. The summed E-state index contributed by atoms with van der Waals surface area (Å²) in [4.78, 5) is 34.9. The van der Waals surface area contributed by atoms with E-state index in [0.29, 0.717) is 5.57 Å². The Balaban J connectivity index is 4.69. The molecule has 0 radical (unpaired) electrons. The van der Waals surface area contributed by atoms with Gasteiger partial charge < -0.3 is 19.6 Å². The Kier molecular flexibility index (Phi) is 4.72. The largest absolute Gasteiger partial charge is 0.340 e. The zero-order valence-corrected chi connectivity index (χ0v) is 9.49. The van der Waals surface area contributed by atoms with Gasteiger partial charge in [-0.25, -0.2) is 0 Å². The van der Waals surface area contributed by atoms with Crippen LogP contribution >= 0.6 is 15.2 Å². The lowest BCUT2D eigenvalue weighted by Gasteiger charge is -2.19. The molecule has 0 fully saturated rings. The van der Waals surface area contributed by atoms with Gasteiger partial charge in [0, 0.05) is 0 Å². The third-order valence-electron chi connectivity index (χ3n) is 1.61. The zero-order valence-electron chi connectivity index (χ0n) is 7.70. The lowest BCUT2D eigenvalue weighted by molar-refractivity contribution is 0.335. The van der Waals surface area contributed by atoms with E-state index >= 15 is 0 Å². The first kappa shape index (κ1) is 14.0. The van der Waals surface area contributed by atoms with Gasteiger partial charge in [0.1, 0.15) is 0 Å². The van der Waals surface area contributed by atoms with E-state index < -0.39 is 20.6 Å². The van der Waals surface area contributed by atoms with E-state index in [0.717, 1.165) is 0 Å². The van der Waals surface area contributed by atoms with Crippen molar-refractivity contribution in [3.63, 3.8) is 0 Å². The lowest BCUT2D eigenvalue weighted by Crippen LogP contribution is -2.09. The summed E-state index contributed by atoms with van der Waals surface area (Å²) < 4.78 is 21.5. The molecule has 0 bridgehead atoms. The lowest BCUT2D eigenvalue weighted by atomic mass is 10.2. The van der Waals surface area contributed by atoms with Crippen molar-refractivity contribution in [2.24, 2.45) is 0 Å². The van der Waals surface area contributed by atoms with E-state index in [9.17, 15) is 9.13 Å². The van der Waals surface area contributed by atoms with Crippen molar-refractivity contribution < 1.29 is 28.7 Å². The fraction of sp³-hybridized carbons (Fsp3) is 0.667. The highest BCUT2D eigenvalue weighted by molar-refractivity contribution is 7.70. The van der Waals surface area contributed by atoms with Crippen LogP contribution in [0, 0.1) is 0 Å². The minimum atomic E-state index is -4.76. The molecule has 84 valence electrons. The van der Waals surface area contributed by atoms with Crippen LogP contribution in [0.4, 0.5) is 0 Å². The van der Waals surface area contributed by atoms with Crippen molar-refractivity contribution >= 4 is 15.2 Å². The van der Waals surface area contributed by atoms with E-state index in [1.54, 1.807) is 6.92 Å². The molecular formula is C6H14O6P2. The van der Waals surface area contributed by atoms with Gasteiger partial charge in [0.25, 0.3) is 0 Å². The molecule has 0 saturated carbocycles. The molecule has 6 nitrogen and oxygen atoms in total. The number of hydrogen-bond acceptors (Lipinski definition) is 2. The molecule has 0 atom stereocenters. The third-order valence-corrected chi connectivity index (χ3v) is 5.48. The third kappa shape index (κ3) is 5.05. The first-order valence-electron chi connectivity index (χ1n) is 3.80. The van der Waals surface area contributed by atoms with Crippen molar-refractivity contribution in [3.05, 3.63) is 12.2 Å². The summed E-state index contributed by atoms with van der Waals surface area (Å²) in [6, 6.07) is 0. The highest BCUT2D eigenvalue weighted by Gasteiger charge is 2.42. The molecule has 0 rings (SSSR count). The Morgan fingerprint density at radius 3 is 1.79 bits per heavy atom. The Labute approximate surface area is 82.0 Å². The van der Waals surface area contributed by atoms with Gasteiger partial charge in [0.2, 0.25) is 0 Å². The monoisotopic (exact) mass is 244 g/mol. The van der Waals surface area contributed by atoms with Gasteiger partial charge in [-0.05, 0) is 19.8 Å². The highest BCUT2D eigenvalue weighted by Crippen LogP contribution is 2.61. The van der Waals surface area contributed by atoms with Crippen molar-refractivity contribution in [3.8, 4) is 0 Å². The van der Waals surface area contributed by atoms with Gasteiger partial charge >= 0.3 is 15.2 Å². The van der Waals surface area contributed by atoms with E-state index in [2.05, 4.69) is 6.58 Å². The van der Waals surface area contributed by atoms with Gasteiger partial charge in [-0.2, -0.15) is 0 Å². The predicted molar refractivity (Wildman–Crippen MR) is 51.9 cm³/mol. The highest BCUT2D eigenvalue weighted by atomic mass is 31.2. The van der Waals surface area contributed by atoms with E-state index in [-0.39, 0.29) is 12.8 Å². The van der Waals surface area contributed by atoms with Crippen LogP contribution in [0.15, 0.2) is 12.2 Å². The quantitative estimate of drug-likeness (QED) is 0.424. The van der Waals surface area contributed by atoms with E-state index in [1.807, 2.05) is 0 Å². The summed E-state index contributed by atoms with van der Waals surface area (Å²) in [6.07, 6.45) is -0.0786. The predicted octanol–water partition coefficient (Wildman–Crippen LogP) is 1.02. The molecule has 0 unspecified atom stereocenters. The molecule has 8 heteroatoms. The van der Waals surface area contributed by atoms with Crippen LogP contribution in [-0.2, 0) is 9.13 Å². The smallest absolute Gasteiger partial charge is 0.324 e. The summed E-state index contributed by atoms with van der Waals surface area (Å²) in [6.45, 7) is 5.11. The molecule has 0 saturated heterocycles. The molecule has 0 aromatic carbocycles. The zero-order chi connectivity index (χ0) is 11.6. The Hall–Kier alpha value is 0.0400. The Bertz CT molecular complexity index is 277. The Morgan fingerprint density at radius 2 is 1.57 bits per heavy atom. The van der Waals surface area contributed by atoms with Crippen LogP contribution in [0.5, 0.6) is 0 Å². The van der Waals surface area contributed by atoms with Crippen LogP contribution in [0.1, 0.15) is 19.8 Å².